The van der Waals surface area contributed by atoms with E-state index in [2.05, 4.69) is 10.3 Å². The third kappa shape index (κ3) is 5.05. The van der Waals surface area contributed by atoms with E-state index in [1.807, 2.05) is 36.7 Å². The zero-order valence-electron chi connectivity index (χ0n) is 16.3. The predicted octanol–water partition coefficient (Wildman–Crippen LogP) is 3.97. The molecule has 152 valence electrons. The van der Waals surface area contributed by atoms with Crippen LogP contribution >= 0.6 is 22.9 Å². The maximum Gasteiger partial charge on any atom is 0.407 e. The van der Waals surface area contributed by atoms with Crippen molar-refractivity contribution in [1.29, 1.82) is 0 Å². The highest BCUT2D eigenvalue weighted by Gasteiger charge is 2.26. The van der Waals surface area contributed by atoms with Crippen molar-refractivity contribution < 1.29 is 14.3 Å². The van der Waals surface area contributed by atoms with Gasteiger partial charge >= 0.3 is 6.09 Å². The van der Waals surface area contributed by atoms with E-state index in [-0.39, 0.29) is 11.9 Å². The number of carbonyl (C=O) groups is 2. The van der Waals surface area contributed by atoms with Gasteiger partial charge in [0.05, 0.1) is 5.69 Å². The molecule has 0 spiro atoms. The molecule has 1 unspecified atom stereocenters. The number of hydrogen-bond acceptors (Lipinski definition) is 5. The first kappa shape index (κ1) is 20.7. The summed E-state index contributed by atoms with van der Waals surface area (Å²) in [7, 11) is 0. The van der Waals surface area contributed by atoms with Crippen molar-refractivity contribution >= 4 is 46.0 Å². The molecule has 0 radical (unpaired) electrons. The molecular weight excluding hydrogens is 400 g/mol. The number of fused-ring (bicyclic) bond motifs is 1. The molecule has 1 saturated heterocycles. The normalized spacial score (nSPS) is 18.0. The fraction of sp³-hybridized carbons (Fsp3) is 0.526. The van der Waals surface area contributed by atoms with Crippen molar-refractivity contribution in [3.05, 3.63) is 28.5 Å². The van der Waals surface area contributed by atoms with Crippen LogP contribution in [0.25, 0.3) is 11.0 Å². The number of amides is 2. The first-order chi connectivity index (χ1) is 13.2. The number of hydrogen-bond donors (Lipinski definition) is 1. The van der Waals surface area contributed by atoms with Crippen molar-refractivity contribution in [3.8, 4) is 0 Å². The molecule has 1 atom stereocenters. The Bertz CT molecular complexity index is 883. The average molecular weight is 425 g/mol. The Labute approximate surface area is 173 Å². The summed E-state index contributed by atoms with van der Waals surface area (Å²) in [6, 6.07) is -0.0551. The molecule has 0 bridgehead atoms. The van der Waals surface area contributed by atoms with Crippen molar-refractivity contribution in [2.45, 2.75) is 51.7 Å². The molecule has 28 heavy (non-hydrogen) atoms. The summed E-state index contributed by atoms with van der Waals surface area (Å²) >= 11 is 7.67. The fourth-order valence-electron chi connectivity index (χ4n) is 3.19. The number of carbonyl (C=O) groups excluding carboxylic acids is 2. The highest BCUT2D eigenvalue weighted by molar-refractivity contribution is 7.15. The van der Waals surface area contributed by atoms with Crippen molar-refractivity contribution in [2.24, 2.45) is 0 Å². The minimum atomic E-state index is -0.549. The number of aromatic nitrogens is 2. The van der Waals surface area contributed by atoms with Gasteiger partial charge in [-0.25, -0.2) is 9.78 Å². The van der Waals surface area contributed by atoms with Crippen LogP contribution in [0.15, 0.2) is 17.7 Å². The lowest BCUT2D eigenvalue weighted by atomic mass is 10.0. The van der Waals surface area contributed by atoms with Crippen LogP contribution in [0.5, 0.6) is 0 Å². The molecule has 2 aromatic heterocycles. The molecule has 0 aliphatic carbocycles. The second kappa shape index (κ2) is 8.53. The smallest absolute Gasteiger partial charge is 0.407 e. The molecule has 1 aliphatic heterocycles. The molecular formula is C19H25ClN4O3S. The highest BCUT2D eigenvalue weighted by Crippen LogP contribution is 2.23. The number of likely N-dealkylation sites (tertiary alicyclic amines) is 1. The van der Waals surface area contributed by atoms with E-state index in [4.69, 9.17) is 16.3 Å². The lowest BCUT2D eigenvalue weighted by molar-refractivity contribution is -0.129. The monoisotopic (exact) mass is 424 g/mol. The minimum absolute atomic E-state index is 0.0551. The van der Waals surface area contributed by atoms with Crippen LogP contribution in [0, 0.1) is 0 Å². The van der Waals surface area contributed by atoms with Crippen molar-refractivity contribution in [3.63, 3.8) is 0 Å². The Morgan fingerprint density at radius 3 is 2.96 bits per heavy atom. The maximum absolute atomic E-state index is 12.8. The summed E-state index contributed by atoms with van der Waals surface area (Å²) in [4.78, 5) is 31.6. The van der Waals surface area contributed by atoms with Gasteiger partial charge in [-0.15, -0.1) is 11.3 Å². The van der Waals surface area contributed by atoms with Crippen LogP contribution in [-0.4, -0.2) is 51.0 Å². The standard InChI is InChI=1S/C19H25ClN4O3S/c1-19(2,3)27-18(26)21-12-13-6-4-5-9-23(13)15(25)8-7-14-16(20)22-17-24(14)10-11-28-17/h7-8,10-11,13H,4-6,9,12H2,1-3H3,(H,21,26)/b8-7+. The highest BCUT2D eigenvalue weighted by atomic mass is 35.5. The van der Waals surface area contributed by atoms with E-state index in [9.17, 15) is 9.59 Å². The fourth-order valence-corrected chi connectivity index (χ4v) is 4.20. The summed E-state index contributed by atoms with van der Waals surface area (Å²) in [5.41, 5.74) is 0.138. The Morgan fingerprint density at radius 1 is 1.43 bits per heavy atom. The van der Waals surface area contributed by atoms with Crippen LogP contribution in [0.1, 0.15) is 45.7 Å². The number of piperidine rings is 1. The number of imidazole rings is 1. The van der Waals surface area contributed by atoms with Gasteiger partial charge in [0, 0.05) is 36.8 Å². The summed E-state index contributed by atoms with van der Waals surface area (Å²) in [6.07, 6.45) is 7.45. The number of nitrogens with zero attached hydrogens (tertiary/aromatic N) is 3. The van der Waals surface area contributed by atoms with Gasteiger partial charge in [0.2, 0.25) is 5.91 Å². The number of halogens is 1. The minimum Gasteiger partial charge on any atom is -0.444 e. The first-order valence-corrected chi connectivity index (χ1v) is 10.6. The van der Waals surface area contributed by atoms with Crippen LogP contribution in [0.3, 0.4) is 0 Å². The number of alkyl carbamates (subject to hydrolysis) is 1. The number of thiazole rings is 1. The average Bonchev–Trinajstić information content (AvgIpc) is 3.17. The maximum atomic E-state index is 12.8. The molecule has 7 nitrogen and oxygen atoms in total. The zero-order chi connectivity index (χ0) is 20.3. The lowest BCUT2D eigenvalue weighted by Crippen LogP contribution is -2.49. The van der Waals surface area contributed by atoms with E-state index >= 15 is 0 Å². The second-order valence-electron chi connectivity index (χ2n) is 7.74. The molecule has 2 amide bonds. The van der Waals surface area contributed by atoms with Gasteiger partial charge in [-0.1, -0.05) is 11.6 Å². The quantitative estimate of drug-likeness (QED) is 0.753. The van der Waals surface area contributed by atoms with Gasteiger partial charge in [-0.3, -0.25) is 9.20 Å². The van der Waals surface area contributed by atoms with Gasteiger partial charge in [0.1, 0.15) is 5.60 Å². The van der Waals surface area contributed by atoms with Gasteiger partial charge < -0.3 is 15.0 Å². The van der Waals surface area contributed by atoms with Crippen molar-refractivity contribution in [2.75, 3.05) is 13.1 Å². The SMILES string of the molecule is CC(C)(C)OC(=O)NCC1CCCCN1C(=O)/C=C/c1c(Cl)nc2sccn12. The van der Waals surface area contributed by atoms with Crippen LogP contribution in [-0.2, 0) is 9.53 Å². The Hall–Kier alpha value is -2.06. The molecule has 0 aromatic carbocycles. The summed E-state index contributed by atoms with van der Waals surface area (Å²) in [5.74, 6) is -0.100. The van der Waals surface area contributed by atoms with Crippen LogP contribution < -0.4 is 5.32 Å². The van der Waals surface area contributed by atoms with Crippen LogP contribution in [0.2, 0.25) is 5.15 Å². The second-order valence-corrected chi connectivity index (χ2v) is 8.97. The lowest BCUT2D eigenvalue weighted by Gasteiger charge is -2.35. The number of ether oxygens (including phenoxy) is 1. The van der Waals surface area contributed by atoms with Gasteiger partial charge in [-0.2, -0.15) is 0 Å². The zero-order valence-corrected chi connectivity index (χ0v) is 17.8. The van der Waals surface area contributed by atoms with E-state index in [0.717, 1.165) is 24.2 Å². The Balaban J connectivity index is 1.64. The molecule has 1 aliphatic rings. The number of nitrogens with one attached hydrogen (secondary N) is 1. The summed E-state index contributed by atoms with van der Waals surface area (Å²) < 4.78 is 7.13. The first-order valence-electron chi connectivity index (χ1n) is 9.31. The summed E-state index contributed by atoms with van der Waals surface area (Å²) in [5, 5.41) is 5.07. The topological polar surface area (TPSA) is 75.9 Å². The Morgan fingerprint density at radius 2 is 2.21 bits per heavy atom. The summed E-state index contributed by atoms with van der Waals surface area (Å²) in [6.45, 7) is 6.49. The van der Waals surface area contributed by atoms with Crippen LogP contribution in [0.4, 0.5) is 4.79 Å². The third-order valence-corrected chi connectivity index (χ3v) is 5.46. The molecule has 1 fully saturated rings. The molecule has 2 aromatic rings. The van der Waals surface area contributed by atoms with Gasteiger partial charge in [0.15, 0.2) is 10.1 Å². The largest absolute Gasteiger partial charge is 0.444 e. The van der Waals surface area contributed by atoms with E-state index in [1.54, 1.807) is 11.0 Å². The number of rotatable bonds is 4. The molecule has 3 rings (SSSR count). The van der Waals surface area contributed by atoms with E-state index < -0.39 is 11.7 Å². The van der Waals surface area contributed by atoms with Crippen molar-refractivity contribution in [1.82, 2.24) is 19.6 Å². The third-order valence-electron chi connectivity index (χ3n) is 4.43. The van der Waals surface area contributed by atoms with E-state index in [1.165, 1.54) is 17.4 Å². The van der Waals surface area contributed by atoms with Gasteiger partial charge in [-0.05, 0) is 46.1 Å². The van der Waals surface area contributed by atoms with Gasteiger partial charge in [0.25, 0.3) is 0 Å². The Kier molecular flexibility index (Phi) is 6.30. The molecule has 3 heterocycles. The molecule has 1 N–H and O–H groups in total. The predicted molar refractivity (Wildman–Crippen MR) is 111 cm³/mol. The van der Waals surface area contributed by atoms with E-state index in [0.29, 0.717) is 23.9 Å². The molecule has 9 heteroatoms. The molecule has 0 saturated carbocycles.